The smallest absolute Gasteiger partial charge is 0.119 e. The zero-order chi connectivity index (χ0) is 14.4. The summed E-state index contributed by atoms with van der Waals surface area (Å²) in [5.74, 6) is 2.49. The molecule has 0 heterocycles. The lowest BCUT2D eigenvalue weighted by Gasteiger charge is -2.15. The Hall–Kier alpha value is -1.06. The maximum atomic E-state index is 9.92. The molecule has 0 saturated heterocycles. The lowest BCUT2D eigenvalue weighted by atomic mass is 10.1. The second-order valence-electron chi connectivity index (χ2n) is 6.22. The largest absolute Gasteiger partial charge is 0.491 e. The molecule has 1 aliphatic carbocycles. The fourth-order valence-electron chi connectivity index (χ4n) is 2.92. The van der Waals surface area contributed by atoms with Crippen molar-refractivity contribution in [2.45, 2.75) is 39.2 Å². The fraction of sp³-hybridized carbons (Fsp3) is 0.647. The third-order valence-electron chi connectivity index (χ3n) is 4.05. The van der Waals surface area contributed by atoms with E-state index < -0.39 is 6.10 Å². The normalized spacial score (nSPS) is 23.8. The molecule has 3 unspecified atom stereocenters. The zero-order valence-electron chi connectivity index (χ0n) is 12.6. The van der Waals surface area contributed by atoms with Crippen LogP contribution in [0, 0.1) is 18.8 Å². The summed E-state index contributed by atoms with van der Waals surface area (Å²) in [6.07, 6.45) is 3.55. The number of aliphatic hydroxyl groups is 1. The van der Waals surface area contributed by atoms with Gasteiger partial charge in [-0.1, -0.05) is 25.5 Å². The summed E-state index contributed by atoms with van der Waals surface area (Å²) >= 11 is 0. The highest BCUT2D eigenvalue weighted by Gasteiger charge is 2.20. The van der Waals surface area contributed by atoms with Gasteiger partial charge in [0.15, 0.2) is 0 Å². The van der Waals surface area contributed by atoms with Crippen molar-refractivity contribution in [3.8, 4) is 5.75 Å². The Morgan fingerprint density at radius 2 is 2.25 bits per heavy atom. The fourth-order valence-corrected chi connectivity index (χ4v) is 2.92. The number of hydrogen-bond donors (Lipinski definition) is 2. The van der Waals surface area contributed by atoms with Crippen LogP contribution in [0.4, 0.5) is 0 Å². The number of benzene rings is 1. The lowest BCUT2D eigenvalue weighted by Crippen LogP contribution is -2.33. The maximum absolute atomic E-state index is 9.92. The van der Waals surface area contributed by atoms with E-state index in [1.807, 2.05) is 31.2 Å². The van der Waals surface area contributed by atoms with Gasteiger partial charge < -0.3 is 15.2 Å². The lowest BCUT2D eigenvalue weighted by molar-refractivity contribution is 0.105. The van der Waals surface area contributed by atoms with E-state index in [1.54, 1.807) is 0 Å². The highest BCUT2D eigenvalue weighted by atomic mass is 16.5. The number of ether oxygens (including phenoxy) is 1. The number of hydrogen-bond acceptors (Lipinski definition) is 3. The predicted octanol–water partition coefficient (Wildman–Crippen LogP) is 2.76. The van der Waals surface area contributed by atoms with Gasteiger partial charge in [0.05, 0.1) is 0 Å². The molecule has 1 saturated carbocycles. The average Bonchev–Trinajstić information content (AvgIpc) is 2.82. The van der Waals surface area contributed by atoms with E-state index in [9.17, 15) is 5.11 Å². The van der Waals surface area contributed by atoms with Crippen LogP contribution < -0.4 is 10.1 Å². The second-order valence-corrected chi connectivity index (χ2v) is 6.22. The van der Waals surface area contributed by atoms with Crippen molar-refractivity contribution in [3.05, 3.63) is 29.8 Å². The molecule has 1 aliphatic rings. The van der Waals surface area contributed by atoms with Crippen molar-refractivity contribution in [2.75, 3.05) is 19.7 Å². The van der Waals surface area contributed by atoms with Crippen LogP contribution in [-0.4, -0.2) is 30.9 Å². The highest BCUT2D eigenvalue weighted by Crippen LogP contribution is 2.29. The number of aliphatic hydroxyl groups excluding tert-OH is 1. The average molecular weight is 277 g/mol. The van der Waals surface area contributed by atoms with Crippen LogP contribution >= 0.6 is 0 Å². The zero-order valence-corrected chi connectivity index (χ0v) is 12.6. The summed E-state index contributed by atoms with van der Waals surface area (Å²) in [6, 6.07) is 7.91. The Balaban J connectivity index is 1.59. The monoisotopic (exact) mass is 277 g/mol. The number of nitrogens with one attached hydrogen (secondary N) is 1. The Morgan fingerprint density at radius 3 is 2.95 bits per heavy atom. The summed E-state index contributed by atoms with van der Waals surface area (Å²) < 4.78 is 5.60. The number of rotatable bonds is 7. The molecule has 3 atom stereocenters. The van der Waals surface area contributed by atoms with Crippen molar-refractivity contribution < 1.29 is 9.84 Å². The van der Waals surface area contributed by atoms with E-state index >= 15 is 0 Å². The van der Waals surface area contributed by atoms with Crippen molar-refractivity contribution in [1.29, 1.82) is 0 Å². The van der Waals surface area contributed by atoms with Crippen LogP contribution in [-0.2, 0) is 0 Å². The molecule has 1 aromatic carbocycles. The van der Waals surface area contributed by atoms with Gasteiger partial charge >= 0.3 is 0 Å². The van der Waals surface area contributed by atoms with Crippen LogP contribution in [0.5, 0.6) is 5.75 Å². The molecule has 0 radical (unpaired) electrons. The van der Waals surface area contributed by atoms with Gasteiger partial charge in [0, 0.05) is 6.54 Å². The third-order valence-corrected chi connectivity index (χ3v) is 4.05. The first-order chi connectivity index (χ1) is 9.63. The van der Waals surface area contributed by atoms with Crippen molar-refractivity contribution >= 4 is 0 Å². The molecule has 0 bridgehead atoms. The summed E-state index contributed by atoms with van der Waals surface area (Å²) in [6.45, 7) is 6.33. The van der Waals surface area contributed by atoms with E-state index in [1.165, 1.54) is 24.8 Å². The van der Waals surface area contributed by atoms with E-state index in [4.69, 9.17) is 4.74 Å². The van der Waals surface area contributed by atoms with Crippen molar-refractivity contribution in [1.82, 2.24) is 5.32 Å². The molecule has 0 aromatic heterocycles. The molecule has 20 heavy (non-hydrogen) atoms. The molecule has 0 aliphatic heterocycles. The number of aryl methyl sites for hydroxylation is 1. The summed E-state index contributed by atoms with van der Waals surface area (Å²) in [5.41, 5.74) is 1.17. The molecule has 2 rings (SSSR count). The summed E-state index contributed by atoms with van der Waals surface area (Å²) in [7, 11) is 0. The molecule has 0 amide bonds. The first-order valence-corrected chi connectivity index (χ1v) is 7.71. The van der Waals surface area contributed by atoms with Gasteiger partial charge in [-0.05, 0) is 55.8 Å². The molecule has 0 spiro atoms. The molecule has 3 heteroatoms. The van der Waals surface area contributed by atoms with Gasteiger partial charge in [0.25, 0.3) is 0 Å². The minimum absolute atomic E-state index is 0.345. The van der Waals surface area contributed by atoms with Crippen molar-refractivity contribution in [3.63, 3.8) is 0 Å². The summed E-state index contributed by atoms with van der Waals surface area (Å²) in [4.78, 5) is 0. The van der Waals surface area contributed by atoms with Crippen LogP contribution in [0.15, 0.2) is 24.3 Å². The molecule has 112 valence electrons. The SMILES string of the molecule is Cc1cccc(OCC(O)CNCC2CCC(C)C2)c1. The molecule has 3 nitrogen and oxygen atoms in total. The van der Waals surface area contributed by atoms with Gasteiger partial charge in [-0.15, -0.1) is 0 Å². The highest BCUT2D eigenvalue weighted by molar-refractivity contribution is 5.27. The topological polar surface area (TPSA) is 41.5 Å². The van der Waals surface area contributed by atoms with Gasteiger partial charge in [-0.25, -0.2) is 0 Å². The second kappa shape index (κ2) is 7.65. The molecular weight excluding hydrogens is 250 g/mol. The first kappa shape index (κ1) is 15.3. The van der Waals surface area contributed by atoms with Gasteiger partial charge in [-0.2, -0.15) is 0 Å². The first-order valence-electron chi connectivity index (χ1n) is 7.71. The Labute approximate surface area is 122 Å². The van der Waals surface area contributed by atoms with E-state index in [2.05, 4.69) is 12.2 Å². The van der Waals surface area contributed by atoms with Gasteiger partial charge in [0.2, 0.25) is 0 Å². The van der Waals surface area contributed by atoms with Crippen LogP contribution in [0.3, 0.4) is 0 Å². The van der Waals surface area contributed by atoms with E-state index in [0.717, 1.165) is 24.1 Å². The predicted molar refractivity (Wildman–Crippen MR) is 82.1 cm³/mol. The van der Waals surface area contributed by atoms with Crippen LogP contribution in [0.1, 0.15) is 31.7 Å². The Morgan fingerprint density at radius 1 is 1.40 bits per heavy atom. The van der Waals surface area contributed by atoms with E-state index in [-0.39, 0.29) is 0 Å². The van der Waals surface area contributed by atoms with Gasteiger partial charge in [-0.3, -0.25) is 0 Å². The quantitative estimate of drug-likeness (QED) is 0.805. The Bertz CT molecular complexity index is 408. The maximum Gasteiger partial charge on any atom is 0.119 e. The van der Waals surface area contributed by atoms with E-state index in [0.29, 0.717) is 13.2 Å². The van der Waals surface area contributed by atoms with Crippen LogP contribution in [0.25, 0.3) is 0 Å². The molecule has 2 N–H and O–H groups in total. The van der Waals surface area contributed by atoms with Crippen LogP contribution in [0.2, 0.25) is 0 Å². The summed E-state index contributed by atoms with van der Waals surface area (Å²) in [5, 5.41) is 13.3. The third kappa shape index (κ3) is 5.14. The molecule has 1 aromatic rings. The van der Waals surface area contributed by atoms with Crippen molar-refractivity contribution in [2.24, 2.45) is 11.8 Å². The minimum atomic E-state index is -0.450. The minimum Gasteiger partial charge on any atom is -0.491 e. The molecule has 1 fully saturated rings. The standard InChI is InChI=1S/C17H27NO2/c1-13-4-3-5-17(9-13)20-12-16(19)11-18-10-15-7-6-14(2)8-15/h3-5,9,14-16,18-19H,6-8,10-12H2,1-2H3. The van der Waals surface area contributed by atoms with Gasteiger partial charge in [0.1, 0.15) is 18.5 Å². The Kier molecular flexibility index (Phi) is 5.86. The molecular formula is C17H27NO2.